The third kappa shape index (κ3) is 4.86. The first-order valence-electron chi connectivity index (χ1n) is 12.4. The molecule has 0 unspecified atom stereocenters. The van der Waals surface area contributed by atoms with Crippen molar-refractivity contribution in [2.45, 2.75) is 6.92 Å². The lowest BCUT2D eigenvalue weighted by Gasteiger charge is -2.25. The number of fused-ring (bicyclic) bond motifs is 2. The molecule has 202 valence electrons. The minimum Gasteiger partial charge on any atom is -0.365 e. The Morgan fingerprint density at radius 3 is 2.64 bits per heavy atom. The summed E-state index contributed by atoms with van der Waals surface area (Å²) in [5.41, 5.74) is 1.93. The lowest BCUT2D eigenvalue weighted by atomic mass is 10.1. The van der Waals surface area contributed by atoms with Crippen molar-refractivity contribution in [2.75, 3.05) is 43.9 Å². The Labute approximate surface area is 223 Å². The number of nitro groups is 1. The van der Waals surface area contributed by atoms with E-state index in [1.165, 1.54) is 6.07 Å². The van der Waals surface area contributed by atoms with Gasteiger partial charge in [-0.05, 0) is 39.2 Å². The van der Waals surface area contributed by atoms with Crippen LogP contribution in [0.3, 0.4) is 0 Å². The van der Waals surface area contributed by atoms with E-state index in [0.29, 0.717) is 52.8 Å². The van der Waals surface area contributed by atoms with Crippen LogP contribution in [0.5, 0.6) is 0 Å². The molecule has 10 nitrogen and oxygen atoms in total. The molecule has 5 aromatic rings. The van der Waals surface area contributed by atoms with Crippen molar-refractivity contribution in [3.05, 3.63) is 70.5 Å². The molecule has 39 heavy (non-hydrogen) atoms. The number of benzene rings is 2. The molecule has 2 N–H and O–H groups in total. The molecule has 0 aliphatic carbocycles. The lowest BCUT2D eigenvalue weighted by Crippen LogP contribution is -2.32. The molecule has 0 saturated carbocycles. The zero-order valence-corrected chi connectivity index (χ0v) is 22.0. The smallest absolute Gasteiger partial charge is 0.294 e. The second-order valence-corrected chi connectivity index (χ2v) is 9.51. The summed E-state index contributed by atoms with van der Waals surface area (Å²) in [6.07, 6.45) is 3.46. The summed E-state index contributed by atoms with van der Waals surface area (Å²) in [6, 6.07) is 8.93. The monoisotopic (exact) mass is 534 g/mol. The first-order valence-corrected chi connectivity index (χ1v) is 12.4. The molecule has 0 saturated heterocycles. The molecule has 0 aliphatic rings. The molecule has 5 rings (SSSR count). The first kappa shape index (κ1) is 26.0. The van der Waals surface area contributed by atoms with Crippen molar-refractivity contribution >= 4 is 44.9 Å². The molecule has 3 heterocycles. The van der Waals surface area contributed by atoms with Crippen LogP contribution < -0.4 is 10.2 Å². The fraction of sp³-hybridized carbons (Fsp3) is 0.259. The number of anilines is 3. The topological polar surface area (TPSA) is 108 Å². The fourth-order valence-electron chi connectivity index (χ4n) is 4.72. The molecule has 0 atom stereocenters. The van der Waals surface area contributed by atoms with Crippen molar-refractivity contribution < 1.29 is 13.7 Å². The van der Waals surface area contributed by atoms with Gasteiger partial charge in [-0.25, -0.2) is 13.8 Å². The Kier molecular flexibility index (Phi) is 6.87. The van der Waals surface area contributed by atoms with E-state index in [1.807, 2.05) is 39.0 Å². The number of halogens is 2. The van der Waals surface area contributed by atoms with Gasteiger partial charge in [-0.2, -0.15) is 4.98 Å². The molecule has 3 aromatic heterocycles. The van der Waals surface area contributed by atoms with Crippen LogP contribution in [-0.2, 0) is 7.05 Å². The number of nitrogens with one attached hydrogen (secondary N) is 2. The predicted molar refractivity (Wildman–Crippen MR) is 149 cm³/mol. The highest BCUT2D eigenvalue weighted by Gasteiger charge is 2.24. The fourth-order valence-corrected chi connectivity index (χ4v) is 4.72. The maximum absolute atomic E-state index is 15.4. The van der Waals surface area contributed by atoms with Gasteiger partial charge in [-0.3, -0.25) is 10.1 Å². The number of aromatic amines is 1. The van der Waals surface area contributed by atoms with E-state index in [9.17, 15) is 14.5 Å². The molecule has 0 amide bonds. The molecule has 2 aromatic carbocycles. The largest absolute Gasteiger partial charge is 0.365 e. The van der Waals surface area contributed by atoms with E-state index in [1.54, 1.807) is 34.0 Å². The lowest BCUT2D eigenvalue weighted by molar-refractivity contribution is -0.384. The van der Waals surface area contributed by atoms with Gasteiger partial charge in [0.1, 0.15) is 23.0 Å². The average Bonchev–Trinajstić information content (AvgIpc) is 3.50. The van der Waals surface area contributed by atoms with E-state index in [0.717, 1.165) is 12.1 Å². The molecule has 0 spiro atoms. The van der Waals surface area contributed by atoms with Gasteiger partial charge >= 0.3 is 0 Å². The zero-order chi connectivity index (χ0) is 27.8. The summed E-state index contributed by atoms with van der Waals surface area (Å²) in [6.45, 7) is 3.47. The summed E-state index contributed by atoms with van der Waals surface area (Å²) in [5, 5.41) is 15.8. The second kappa shape index (κ2) is 10.3. The molecule has 0 bridgehead atoms. The Bertz CT molecular complexity index is 1690. The van der Waals surface area contributed by atoms with E-state index in [2.05, 4.69) is 20.3 Å². The van der Waals surface area contributed by atoms with Gasteiger partial charge in [0.25, 0.3) is 5.69 Å². The third-order valence-corrected chi connectivity index (χ3v) is 6.68. The molecular formula is C27H28F2N8O2. The van der Waals surface area contributed by atoms with Crippen molar-refractivity contribution in [3.8, 4) is 11.3 Å². The van der Waals surface area contributed by atoms with Crippen LogP contribution >= 0.6 is 0 Å². The second-order valence-electron chi connectivity index (χ2n) is 9.51. The first-order chi connectivity index (χ1) is 18.7. The van der Waals surface area contributed by atoms with E-state index >= 15 is 4.39 Å². The predicted octanol–water partition coefficient (Wildman–Crippen LogP) is 5.43. The van der Waals surface area contributed by atoms with Gasteiger partial charge in [0.05, 0.1) is 21.8 Å². The summed E-state index contributed by atoms with van der Waals surface area (Å²) >= 11 is 0. The van der Waals surface area contributed by atoms with E-state index < -0.39 is 16.6 Å². The minimum atomic E-state index is -0.688. The van der Waals surface area contributed by atoms with Crippen LogP contribution in [0.25, 0.3) is 33.2 Å². The van der Waals surface area contributed by atoms with Gasteiger partial charge in [0.15, 0.2) is 0 Å². The number of hydrogen-bond acceptors (Lipinski definition) is 7. The quantitative estimate of drug-likeness (QED) is 0.192. The van der Waals surface area contributed by atoms with Crippen LogP contribution in [0.1, 0.15) is 6.92 Å². The van der Waals surface area contributed by atoms with Crippen molar-refractivity contribution in [2.24, 2.45) is 7.05 Å². The normalized spacial score (nSPS) is 11.6. The minimum absolute atomic E-state index is 0.00851. The van der Waals surface area contributed by atoms with Crippen molar-refractivity contribution in [3.63, 3.8) is 0 Å². The number of rotatable bonds is 9. The molecule has 12 heteroatoms. The Morgan fingerprint density at radius 1 is 1.13 bits per heavy atom. The van der Waals surface area contributed by atoms with Crippen LogP contribution in [-0.4, -0.2) is 63.1 Å². The number of H-pyrrole nitrogens is 1. The van der Waals surface area contributed by atoms with Crippen LogP contribution in [0.2, 0.25) is 0 Å². The van der Waals surface area contributed by atoms with Crippen LogP contribution in [0, 0.1) is 21.7 Å². The average molecular weight is 535 g/mol. The maximum Gasteiger partial charge on any atom is 0.294 e. The number of nitrogens with zero attached hydrogens (tertiary/aromatic N) is 6. The van der Waals surface area contributed by atoms with Crippen LogP contribution in [0.4, 0.5) is 31.8 Å². The van der Waals surface area contributed by atoms with Crippen molar-refractivity contribution in [1.82, 2.24) is 24.4 Å². The molecule has 0 aliphatic heterocycles. The summed E-state index contributed by atoms with van der Waals surface area (Å²) in [5.74, 6) is -1.08. The standard InChI is InChI=1S/C27H28F2N8O2/c1-5-36(12-11-34(2)3)22-13-19(29)20(14-23(22)37(38)39)31-27-32-25(16-9-10-30-26(16)33-27)17-15-35(4)21-8-6-7-18(28)24(17)21/h6-10,13-15H,5,11-12H2,1-4H3,(H2,30,31,32,33). The summed E-state index contributed by atoms with van der Waals surface area (Å²) in [7, 11) is 5.61. The number of aryl methyl sites for hydroxylation is 1. The van der Waals surface area contributed by atoms with Crippen molar-refractivity contribution in [1.29, 1.82) is 0 Å². The highest BCUT2D eigenvalue weighted by Crippen LogP contribution is 2.37. The highest BCUT2D eigenvalue weighted by atomic mass is 19.1. The Balaban J connectivity index is 1.59. The number of nitro benzene ring substituents is 1. The number of aromatic nitrogens is 4. The molecular weight excluding hydrogens is 506 g/mol. The molecule has 0 fully saturated rings. The molecule has 0 radical (unpaired) electrons. The summed E-state index contributed by atoms with van der Waals surface area (Å²) < 4.78 is 32.1. The highest BCUT2D eigenvalue weighted by molar-refractivity contribution is 6.03. The Morgan fingerprint density at radius 2 is 1.92 bits per heavy atom. The third-order valence-electron chi connectivity index (χ3n) is 6.68. The number of hydrogen-bond donors (Lipinski definition) is 2. The van der Waals surface area contributed by atoms with Gasteiger partial charge in [-0.15, -0.1) is 0 Å². The SMILES string of the molecule is CCN(CCN(C)C)c1cc(F)c(Nc2nc(-c3cn(C)c4cccc(F)c34)c3cc[nH]c3n2)cc1[N+](=O)[O-]. The van der Waals surface area contributed by atoms with Gasteiger partial charge in [0.2, 0.25) is 5.95 Å². The van der Waals surface area contributed by atoms with E-state index in [4.69, 9.17) is 0 Å². The maximum atomic E-state index is 15.4. The van der Waals surface area contributed by atoms with Gasteiger partial charge in [0, 0.05) is 67.5 Å². The van der Waals surface area contributed by atoms with E-state index in [-0.39, 0.29) is 23.0 Å². The van der Waals surface area contributed by atoms with Crippen LogP contribution in [0.15, 0.2) is 48.8 Å². The van der Waals surface area contributed by atoms with Gasteiger partial charge < -0.3 is 24.7 Å². The Hall–Kier alpha value is -4.58. The number of likely N-dealkylation sites (N-methyl/N-ethyl adjacent to an activating group) is 2. The van der Waals surface area contributed by atoms with Gasteiger partial charge in [-0.1, -0.05) is 6.07 Å². The zero-order valence-electron chi connectivity index (χ0n) is 22.0. The summed E-state index contributed by atoms with van der Waals surface area (Å²) in [4.78, 5) is 27.2.